The molecule has 0 spiro atoms. The maximum absolute atomic E-state index is 6.49. The third-order valence-corrected chi connectivity index (χ3v) is 4.55. The smallest absolute Gasteiger partial charge is 0.180 e. The van der Waals surface area contributed by atoms with E-state index in [0.717, 1.165) is 23.2 Å². The zero-order valence-corrected chi connectivity index (χ0v) is 16.9. The Morgan fingerprint density at radius 2 is 1.64 bits per heavy atom. The fraction of sp³-hybridized carbons (Fsp3) is 0.208. The predicted molar refractivity (Wildman–Crippen MR) is 116 cm³/mol. The molecular formula is C24H24ClNO2. The van der Waals surface area contributed by atoms with Gasteiger partial charge in [-0.2, -0.15) is 0 Å². The van der Waals surface area contributed by atoms with E-state index in [2.05, 4.69) is 24.0 Å². The molecule has 4 heteroatoms. The van der Waals surface area contributed by atoms with Crippen molar-refractivity contribution in [2.75, 3.05) is 6.61 Å². The first-order chi connectivity index (χ1) is 13.7. The predicted octanol–water partition coefficient (Wildman–Crippen LogP) is 6.63. The molecule has 144 valence electrons. The summed E-state index contributed by atoms with van der Waals surface area (Å²) in [7, 11) is 0. The lowest BCUT2D eigenvalue weighted by Gasteiger charge is -2.14. The van der Waals surface area contributed by atoms with Crippen molar-refractivity contribution >= 4 is 23.5 Å². The van der Waals surface area contributed by atoms with Gasteiger partial charge >= 0.3 is 0 Å². The summed E-state index contributed by atoms with van der Waals surface area (Å²) < 4.78 is 11.7. The Hall–Kier alpha value is -2.78. The van der Waals surface area contributed by atoms with E-state index in [1.807, 2.05) is 61.5 Å². The lowest BCUT2D eigenvalue weighted by Crippen LogP contribution is -2.01. The number of hydrogen-bond acceptors (Lipinski definition) is 3. The van der Waals surface area contributed by atoms with Gasteiger partial charge in [0.1, 0.15) is 6.61 Å². The summed E-state index contributed by atoms with van der Waals surface area (Å²) in [6, 6.07) is 21.9. The molecule has 0 saturated heterocycles. The van der Waals surface area contributed by atoms with Gasteiger partial charge in [0.25, 0.3) is 0 Å². The Morgan fingerprint density at radius 3 is 2.32 bits per heavy atom. The lowest BCUT2D eigenvalue weighted by molar-refractivity contribution is 0.269. The van der Waals surface area contributed by atoms with Crippen molar-refractivity contribution in [2.45, 2.75) is 26.9 Å². The number of halogens is 1. The van der Waals surface area contributed by atoms with Crippen LogP contribution in [-0.4, -0.2) is 12.8 Å². The molecule has 0 aliphatic heterocycles. The topological polar surface area (TPSA) is 30.8 Å². The summed E-state index contributed by atoms with van der Waals surface area (Å²) in [6.45, 7) is 5.02. The van der Waals surface area contributed by atoms with Crippen LogP contribution in [0.15, 0.2) is 71.7 Å². The summed E-state index contributed by atoms with van der Waals surface area (Å²) in [6.07, 6.45) is 2.80. The minimum atomic E-state index is 0.428. The van der Waals surface area contributed by atoms with E-state index in [0.29, 0.717) is 29.7 Å². The van der Waals surface area contributed by atoms with Crippen molar-refractivity contribution in [3.05, 3.63) is 88.4 Å². The van der Waals surface area contributed by atoms with E-state index in [1.165, 1.54) is 5.56 Å². The average Bonchev–Trinajstić information content (AvgIpc) is 2.73. The minimum absolute atomic E-state index is 0.428. The third kappa shape index (κ3) is 5.37. The molecule has 3 rings (SSSR count). The molecule has 0 N–H and O–H groups in total. The molecule has 0 amide bonds. The Labute approximate surface area is 171 Å². The normalized spacial score (nSPS) is 11.0. The SMILES string of the molecule is CCOc1cc(C=Nc2ccc(CC)cc2)cc(Cl)c1OCc1ccccc1. The van der Waals surface area contributed by atoms with E-state index >= 15 is 0 Å². The molecule has 0 fully saturated rings. The highest BCUT2D eigenvalue weighted by atomic mass is 35.5. The molecule has 0 aromatic heterocycles. The van der Waals surface area contributed by atoms with Crippen LogP contribution in [0, 0.1) is 0 Å². The Bertz CT molecular complexity index is 921. The first kappa shape index (κ1) is 20.0. The van der Waals surface area contributed by atoms with Crippen molar-refractivity contribution in [2.24, 2.45) is 4.99 Å². The van der Waals surface area contributed by atoms with Crippen LogP contribution in [0.1, 0.15) is 30.5 Å². The molecule has 0 heterocycles. The van der Waals surface area contributed by atoms with Crippen LogP contribution < -0.4 is 9.47 Å². The van der Waals surface area contributed by atoms with Crippen LogP contribution in [0.5, 0.6) is 11.5 Å². The van der Waals surface area contributed by atoms with Crippen LogP contribution in [0.3, 0.4) is 0 Å². The van der Waals surface area contributed by atoms with E-state index in [1.54, 1.807) is 6.21 Å². The second kappa shape index (κ2) is 9.95. The van der Waals surface area contributed by atoms with Gasteiger partial charge in [0.2, 0.25) is 0 Å². The van der Waals surface area contributed by atoms with Crippen LogP contribution in [0.2, 0.25) is 5.02 Å². The summed E-state index contributed by atoms with van der Waals surface area (Å²) in [5.74, 6) is 1.17. The summed E-state index contributed by atoms with van der Waals surface area (Å²) in [5, 5.41) is 0.504. The van der Waals surface area contributed by atoms with Crippen molar-refractivity contribution in [3.8, 4) is 11.5 Å². The lowest BCUT2D eigenvalue weighted by atomic mass is 10.1. The van der Waals surface area contributed by atoms with Gasteiger partial charge in [-0.05, 0) is 54.3 Å². The highest BCUT2D eigenvalue weighted by Crippen LogP contribution is 2.37. The molecule has 0 radical (unpaired) electrons. The number of nitrogens with zero attached hydrogens (tertiary/aromatic N) is 1. The van der Waals surface area contributed by atoms with Crippen LogP contribution in [-0.2, 0) is 13.0 Å². The van der Waals surface area contributed by atoms with Gasteiger partial charge in [-0.3, -0.25) is 4.99 Å². The standard InChI is InChI=1S/C24H24ClNO2/c1-3-18-10-12-21(13-11-18)26-16-20-14-22(25)24(23(15-20)27-4-2)28-17-19-8-6-5-7-9-19/h5-16H,3-4,17H2,1-2H3. The number of benzene rings is 3. The minimum Gasteiger partial charge on any atom is -0.490 e. The maximum atomic E-state index is 6.49. The number of rotatable bonds is 8. The molecule has 28 heavy (non-hydrogen) atoms. The number of aryl methyl sites for hydroxylation is 1. The molecule has 0 aliphatic carbocycles. The molecule has 3 aromatic rings. The van der Waals surface area contributed by atoms with Crippen molar-refractivity contribution in [1.29, 1.82) is 0 Å². The van der Waals surface area contributed by atoms with Crippen LogP contribution in [0.4, 0.5) is 5.69 Å². The quantitative estimate of drug-likeness (QED) is 0.402. The number of hydrogen-bond donors (Lipinski definition) is 0. The van der Waals surface area contributed by atoms with Gasteiger partial charge in [0.15, 0.2) is 11.5 Å². The van der Waals surface area contributed by atoms with Gasteiger partial charge in [-0.15, -0.1) is 0 Å². The molecular weight excluding hydrogens is 370 g/mol. The van der Waals surface area contributed by atoms with Gasteiger partial charge < -0.3 is 9.47 Å². The fourth-order valence-electron chi connectivity index (χ4n) is 2.76. The molecule has 3 aromatic carbocycles. The van der Waals surface area contributed by atoms with Crippen molar-refractivity contribution in [3.63, 3.8) is 0 Å². The summed E-state index contributed by atoms with van der Waals surface area (Å²) in [5.41, 5.74) is 4.12. The van der Waals surface area contributed by atoms with Gasteiger partial charge in [-0.25, -0.2) is 0 Å². The molecule has 3 nitrogen and oxygen atoms in total. The zero-order valence-electron chi connectivity index (χ0n) is 16.2. The second-order valence-corrected chi connectivity index (χ2v) is 6.72. The van der Waals surface area contributed by atoms with Crippen molar-refractivity contribution < 1.29 is 9.47 Å². The molecule has 0 unspecified atom stereocenters. The van der Waals surface area contributed by atoms with E-state index in [4.69, 9.17) is 21.1 Å². The first-order valence-electron chi connectivity index (χ1n) is 9.45. The Balaban J connectivity index is 1.80. The van der Waals surface area contributed by atoms with E-state index in [-0.39, 0.29) is 0 Å². The molecule has 0 atom stereocenters. The van der Waals surface area contributed by atoms with Crippen LogP contribution >= 0.6 is 11.6 Å². The molecule has 0 saturated carbocycles. The van der Waals surface area contributed by atoms with E-state index < -0.39 is 0 Å². The largest absolute Gasteiger partial charge is 0.490 e. The monoisotopic (exact) mass is 393 g/mol. The summed E-state index contributed by atoms with van der Waals surface area (Å²) >= 11 is 6.49. The molecule has 0 bridgehead atoms. The maximum Gasteiger partial charge on any atom is 0.180 e. The van der Waals surface area contributed by atoms with Crippen LogP contribution in [0.25, 0.3) is 0 Å². The van der Waals surface area contributed by atoms with Crippen molar-refractivity contribution in [1.82, 2.24) is 0 Å². The van der Waals surface area contributed by atoms with Gasteiger partial charge in [-0.1, -0.05) is 61.0 Å². The molecule has 0 aliphatic rings. The van der Waals surface area contributed by atoms with Gasteiger partial charge in [0.05, 0.1) is 17.3 Å². The number of aliphatic imine (C=N–C) groups is 1. The highest BCUT2D eigenvalue weighted by molar-refractivity contribution is 6.32. The first-order valence-corrected chi connectivity index (χ1v) is 9.83. The van der Waals surface area contributed by atoms with E-state index in [9.17, 15) is 0 Å². The average molecular weight is 394 g/mol. The fourth-order valence-corrected chi connectivity index (χ4v) is 3.04. The zero-order chi connectivity index (χ0) is 19.8. The highest BCUT2D eigenvalue weighted by Gasteiger charge is 2.12. The third-order valence-electron chi connectivity index (χ3n) is 4.26. The summed E-state index contributed by atoms with van der Waals surface area (Å²) in [4.78, 5) is 4.54. The Kier molecular flexibility index (Phi) is 7.10. The van der Waals surface area contributed by atoms with Gasteiger partial charge in [0, 0.05) is 6.21 Å². The number of ether oxygens (including phenoxy) is 2. The Morgan fingerprint density at radius 1 is 0.893 bits per heavy atom. The second-order valence-electron chi connectivity index (χ2n) is 6.32.